The molecular formula is C16H20N2O4. The summed E-state index contributed by atoms with van der Waals surface area (Å²) in [5, 5.41) is 3.57. The van der Waals surface area contributed by atoms with Gasteiger partial charge in [0, 0.05) is 24.2 Å². The van der Waals surface area contributed by atoms with Gasteiger partial charge in [-0.05, 0) is 5.56 Å². The van der Waals surface area contributed by atoms with E-state index in [1.54, 1.807) is 33.6 Å². The molecular weight excluding hydrogens is 284 g/mol. The molecule has 0 unspecified atom stereocenters. The van der Waals surface area contributed by atoms with Gasteiger partial charge in [0.25, 0.3) is 0 Å². The van der Waals surface area contributed by atoms with Crippen LogP contribution in [-0.4, -0.2) is 38.8 Å². The molecule has 0 aliphatic carbocycles. The highest BCUT2D eigenvalue weighted by Crippen LogP contribution is 2.44. The summed E-state index contributed by atoms with van der Waals surface area (Å²) in [6.07, 6.45) is 3.67. The molecule has 0 fully saturated rings. The number of aromatic nitrogens is 1. The number of carbonyl (C=O) groups excluding carboxylic acids is 1. The van der Waals surface area contributed by atoms with Gasteiger partial charge in [-0.2, -0.15) is 0 Å². The zero-order chi connectivity index (χ0) is 16.1. The van der Waals surface area contributed by atoms with E-state index in [0.717, 1.165) is 16.5 Å². The van der Waals surface area contributed by atoms with Crippen LogP contribution in [0.2, 0.25) is 0 Å². The Morgan fingerprint density at radius 1 is 1.27 bits per heavy atom. The fourth-order valence-corrected chi connectivity index (χ4v) is 2.39. The molecule has 118 valence electrons. The van der Waals surface area contributed by atoms with Gasteiger partial charge in [0.1, 0.15) is 0 Å². The summed E-state index contributed by atoms with van der Waals surface area (Å²) in [5.41, 5.74) is 1.65. The summed E-state index contributed by atoms with van der Waals surface area (Å²) in [6, 6.07) is 1.82. The normalized spacial score (nSPS) is 10.3. The number of nitrogens with one attached hydrogen (secondary N) is 2. The fourth-order valence-electron chi connectivity index (χ4n) is 2.39. The molecule has 0 bridgehead atoms. The first-order valence-electron chi connectivity index (χ1n) is 6.82. The SMILES string of the molecule is C=CCNC(=O)Cc1c[nH]c2cc(OC)c(OC)c(OC)c12. The first-order valence-corrected chi connectivity index (χ1v) is 6.82. The smallest absolute Gasteiger partial charge is 0.224 e. The van der Waals surface area contributed by atoms with Crippen LogP contribution in [0.3, 0.4) is 0 Å². The maximum Gasteiger partial charge on any atom is 0.224 e. The Balaban J connectivity index is 2.49. The molecule has 2 rings (SSSR count). The van der Waals surface area contributed by atoms with Gasteiger partial charge in [0.05, 0.1) is 33.3 Å². The summed E-state index contributed by atoms with van der Waals surface area (Å²) in [7, 11) is 4.68. The van der Waals surface area contributed by atoms with Gasteiger partial charge in [-0.3, -0.25) is 4.79 Å². The van der Waals surface area contributed by atoms with Crippen molar-refractivity contribution in [2.45, 2.75) is 6.42 Å². The number of benzene rings is 1. The second-order valence-electron chi connectivity index (χ2n) is 4.65. The number of H-pyrrole nitrogens is 1. The van der Waals surface area contributed by atoms with Gasteiger partial charge >= 0.3 is 0 Å². The molecule has 0 spiro atoms. The van der Waals surface area contributed by atoms with E-state index in [0.29, 0.717) is 23.8 Å². The lowest BCUT2D eigenvalue weighted by molar-refractivity contribution is -0.120. The fraction of sp³-hybridized carbons (Fsp3) is 0.312. The molecule has 2 aromatic rings. The van der Waals surface area contributed by atoms with Crippen molar-refractivity contribution in [3.05, 3.63) is 30.5 Å². The van der Waals surface area contributed by atoms with E-state index in [1.165, 1.54) is 0 Å². The first-order chi connectivity index (χ1) is 10.7. The largest absolute Gasteiger partial charge is 0.493 e. The van der Waals surface area contributed by atoms with Crippen molar-refractivity contribution in [2.75, 3.05) is 27.9 Å². The highest BCUT2D eigenvalue weighted by Gasteiger charge is 2.20. The van der Waals surface area contributed by atoms with Crippen molar-refractivity contribution in [1.29, 1.82) is 0 Å². The summed E-state index contributed by atoms with van der Waals surface area (Å²) in [5.74, 6) is 1.53. The molecule has 0 atom stereocenters. The van der Waals surface area contributed by atoms with Gasteiger partial charge in [-0.1, -0.05) is 6.08 Å². The highest BCUT2D eigenvalue weighted by atomic mass is 16.5. The van der Waals surface area contributed by atoms with Crippen molar-refractivity contribution >= 4 is 16.8 Å². The van der Waals surface area contributed by atoms with Crippen LogP contribution in [0, 0.1) is 0 Å². The van der Waals surface area contributed by atoms with Crippen LogP contribution >= 0.6 is 0 Å². The Labute approximate surface area is 129 Å². The van der Waals surface area contributed by atoms with Gasteiger partial charge in [-0.15, -0.1) is 6.58 Å². The molecule has 0 saturated heterocycles. The first kappa shape index (κ1) is 15.8. The average Bonchev–Trinajstić information content (AvgIpc) is 2.93. The Bertz CT molecular complexity index is 691. The minimum Gasteiger partial charge on any atom is -0.493 e. The number of ether oxygens (including phenoxy) is 3. The number of hydrogen-bond acceptors (Lipinski definition) is 4. The number of aromatic amines is 1. The van der Waals surface area contributed by atoms with E-state index in [4.69, 9.17) is 14.2 Å². The summed E-state index contributed by atoms with van der Waals surface area (Å²) >= 11 is 0. The second-order valence-corrected chi connectivity index (χ2v) is 4.65. The third-order valence-corrected chi connectivity index (χ3v) is 3.35. The van der Waals surface area contributed by atoms with E-state index < -0.39 is 0 Å². The number of amides is 1. The maximum absolute atomic E-state index is 11.9. The lowest BCUT2D eigenvalue weighted by Crippen LogP contribution is -2.24. The number of rotatable bonds is 7. The molecule has 2 N–H and O–H groups in total. The van der Waals surface area contributed by atoms with Crippen LogP contribution in [0.4, 0.5) is 0 Å². The predicted octanol–water partition coefficient (Wildman–Crippen LogP) is 2.04. The molecule has 1 aromatic carbocycles. The molecule has 0 radical (unpaired) electrons. The van der Waals surface area contributed by atoms with Crippen LogP contribution in [0.5, 0.6) is 17.2 Å². The van der Waals surface area contributed by atoms with Crippen molar-refractivity contribution in [3.8, 4) is 17.2 Å². The Morgan fingerprint density at radius 3 is 2.59 bits per heavy atom. The maximum atomic E-state index is 11.9. The van der Waals surface area contributed by atoms with Gasteiger partial charge in [-0.25, -0.2) is 0 Å². The number of fused-ring (bicyclic) bond motifs is 1. The standard InChI is InChI=1S/C16H20N2O4/c1-5-6-17-13(19)7-10-9-18-11-8-12(20-2)15(21-3)16(22-4)14(10)11/h5,8-9,18H,1,6-7H2,2-4H3,(H,17,19). The van der Waals surface area contributed by atoms with Crippen LogP contribution in [0.25, 0.3) is 10.9 Å². The topological polar surface area (TPSA) is 72.6 Å². The van der Waals surface area contributed by atoms with Crippen molar-refractivity contribution < 1.29 is 19.0 Å². The van der Waals surface area contributed by atoms with E-state index in [2.05, 4.69) is 16.9 Å². The molecule has 0 saturated carbocycles. The predicted molar refractivity (Wildman–Crippen MR) is 84.9 cm³/mol. The third kappa shape index (κ3) is 2.86. The minimum atomic E-state index is -0.0855. The van der Waals surface area contributed by atoms with Gasteiger partial charge < -0.3 is 24.5 Å². The molecule has 22 heavy (non-hydrogen) atoms. The molecule has 6 nitrogen and oxygen atoms in total. The van der Waals surface area contributed by atoms with Gasteiger partial charge in [0.15, 0.2) is 11.5 Å². The Hall–Kier alpha value is -2.63. The lowest BCUT2D eigenvalue weighted by atomic mass is 10.1. The third-order valence-electron chi connectivity index (χ3n) is 3.35. The summed E-state index contributed by atoms with van der Waals surface area (Å²) in [6.45, 7) is 4.02. The van der Waals surface area contributed by atoms with Crippen molar-refractivity contribution in [3.63, 3.8) is 0 Å². The van der Waals surface area contributed by atoms with Crippen LogP contribution in [-0.2, 0) is 11.2 Å². The van der Waals surface area contributed by atoms with Crippen LogP contribution in [0.1, 0.15) is 5.56 Å². The Morgan fingerprint density at radius 2 is 2.00 bits per heavy atom. The zero-order valence-electron chi connectivity index (χ0n) is 13.0. The van der Waals surface area contributed by atoms with Crippen molar-refractivity contribution in [1.82, 2.24) is 10.3 Å². The average molecular weight is 304 g/mol. The minimum absolute atomic E-state index is 0.0855. The van der Waals surface area contributed by atoms with Crippen LogP contribution in [0.15, 0.2) is 24.9 Å². The molecule has 0 aliphatic heterocycles. The van der Waals surface area contributed by atoms with Gasteiger partial charge in [0.2, 0.25) is 11.7 Å². The number of hydrogen-bond donors (Lipinski definition) is 2. The van der Waals surface area contributed by atoms with E-state index >= 15 is 0 Å². The molecule has 0 aliphatic rings. The zero-order valence-corrected chi connectivity index (χ0v) is 13.0. The monoisotopic (exact) mass is 304 g/mol. The number of methoxy groups -OCH3 is 3. The van der Waals surface area contributed by atoms with E-state index in [-0.39, 0.29) is 12.3 Å². The van der Waals surface area contributed by atoms with E-state index in [9.17, 15) is 4.79 Å². The molecule has 1 amide bonds. The molecule has 1 heterocycles. The van der Waals surface area contributed by atoms with Crippen molar-refractivity contribution in [2.24, 2.45) is 0 Å². The summed E-state index contributed by atoms with van der Waals surface area (Å²) in [4.78, 5) is 15.1. The summed E-state index contributed by atoms with van der Waals surface area (Å²) < 4.78 is 16.2. The second kappa shape index (κ2) is 6.89. The van der Waals surface area contributed by atoms with Crippen LogP contribution < -0.4 is 19.5 Å². The number of carbonyl (C=O) groups is 1. The quantitative estimate of drug-likeness (QED) is 0.768. The Kier molecular flexibility index (Phi) is 4.93. The lowest BCUT2D eigenvalue weighted by Gasteiger charge is -2.14. The highest BCUT2D eigenvalue weighted by molar-refractivity contribution is 5.96. The molecule has 6 heteroatoms. The van der Waals surface area contributed by atoms with E-state index in [1.807, 2.05) is 6.07 Å². The molecule has 1 aromatic heterocycles.